The van der Waals surface area contributed by atoms with E-state index in [1.807, 2.05) is 18.2 Å². The lowest BCUT2D eigenvalue weighted by Gasteiger charge is -2.11. The van der Waals surface area contributed by atoms with Gasteiger partial charge in [0, 0.05) is 17.4 Å². The van der Waals surface area contributed by atoms with E-state index in [2.05, 4.69) is 32.0 Å². The molecule has 19 heavy (non-hydrogen) atoms. The smallest absolute Gasteiger partial charge is 0.305 e. The van der Waals surface area contributed by atoms with E-state index in [-0.39, 0.29) is 12.4 Å². The van der Waals surface area contributed by atoms with Gasteiger partial charge >= 0.3 is 5.97 Å². The third-order valence-corrected chi connectivity index (χ3v) is 3.59. The summed E-state index contributed by atoms with van der Waals surface area (Å²) in [6.45, 7) is 1.28. The molecule has 0 saturated carbocycles. The predicted octanol–water partition coefficient (Wildman–Crippen LogP) is 1.90. The summed E-state index contributed by atoms with van der Waals surface area (Å²) in [5, 5.41) is 12.8. The Morgan fingerprint density at radius 2 is 2.21 bits per heavy atom. The van der Waals surface area contributed by atoms with E-state index >= 15 is 0 Å². The molecule has 0 bridgehead atoms. The van der Waals surface area contributed by atoms with Crippen LogP contribution in [0.4, 0.5) is 0 Å². The number of nitrogens with one attached hydrogen (secondary N) is 1. The molecular weight excluding hydrogens is 310 g/mol. The second-order valence-electron chi connectivity index (χ2n) is 4.31. The molecule has 0 aliphatic carbocycles. The van der Waals surface area contributed by atoms with Crippen molar-refractivity contribution < 1.29 is 14.6 Å². The van der Waals surface area contributed by atoms with E-state index in [0.29, 0.717) is 13.0 Å². The molecule has 0 aliphatic heterocycles. The maximum absolute atomic E-state index is 10.9. The van der Waals surface area contributed by atoms with Crippen LogP contribution in [-0.2, 0) is 16.0 Å². The SMILES string of the molecule is COC(=O)CCC(O)CNCCc1ccccc1Br. The molecule has 0 radical (unpaired) electrons. The first kappa shape index (κ1) is 16.1. The number of aliphatic hydroxyl groups excluding tert-OH is 1. The minimum Gasteiger partial charge on any atom is -0.469 e. The van der Waals surface area contributed by atoms with E-state index in [9.17, 15) is 9.90 Å². The van der Waals surface area contributed by atoms with Crippen molar-refractivity contribution in [1.82, 2.24) is 5.32 Å². The van der Waals surface area contributed by atoms with Crippen LogP contribution in [0.3, 0.4) is 0 Å². The predicted molar refractivity (Wildman–Crippen MR) is 78.0 cm³/mol. The second-order valence-corrected chi connectivity index (χ2v) is 5.17. The van der Waals surface area contributed by atoms with E-state index in [1.165, 1.54) is 12.7 Å². The Labute approximate surface area is 122 Å². The van der Waals surface area contributed by atoms with Crippen LogP contribution >= 0.6 is 15.9 Å². The molecule has 1 unspecified atom stereocenters. The number of carbonyl (C=O) groups excluding carboxylic acids is 1. The number of hydrogen-bond donors (Lipinski definition) is 2. The van der Waals surface area contributed by atoms with Gasteiger partial charge in [-0.25, -0.2) is 0 Å². The first-order valence-corrected chi connectivity index (χ1v) is 7.11. The van der Waals surface area contributed by atoms with Crippen LogP contribution in [0.15, 0.2) is 28.7 Å². The zero-order valence-corrected chi connectivity index (χ0v) is 12.6. The molecule has 0 spiro atoms. The van der Waals surface area contributed by atoms with Gasteiger partial charge in [-0.3, -0.25) is 4.79 Å². The van der Waals surface area contributed by atoms with E-state index in [0.717, 1.165) is 17.4 Å². The Morgan fingerprint density at radius 1 is 1.47 bits per heavy atom. The Bertz CT molecular complexity index is 398. The van der Waals surface area contributed by atoms with Crippen molar-refractivity contribution in [3.05, 3.63) is 34.3 Å². The number of esters is 1. The van der Waals surface area contributed by atoms with E-state index < -0.39 is 6.10 Å². The van der Waals surface area contributed by atoms with Crippen molar-refractivity contribution in [2.75, 3.05) is 20.2 Å². The number of carbonyl (C=O) groups is 1. The Balaban J connectivity index is 2.14. The van der Waals surface area contributed by atoms with Gasteiger partial charge in [0.05, 0.1) is 13.2 Å². The molecule has 0 amide bonds. The van der Waals surface area contributed by atoms with Crippen molar-refractivity contribution in [2.45, 2.75) is 25.4 Å². The number of ether oxygens (including phenoxy) is 1. The molecule has 4 nitrogen and oxygen atoms in total. The summed E-state index contributed by atoms with van der Waals surface area (Å²) in [7, 11) is 1.35. The number of methoxy groups -OCH3 is 1. The van der Waals surface area contributed by atoms with Crippen LogP contribution in [0.25, 0.3) is 0 Å². The molecule has 1 rings (SSSR count). The molecule has 0 aromatic heterocycles. The molecule has 0 heterocycles. The van der Waals surface area contributed by atoms with E-state index in [1.54, 1.807) is 0 Å². The zero-order valence-electron chi connectivity index (χ0n) is 11.1. The second kappa shape index (κ2) is 9.07. The zero-order chi connectivity index (χ0) is 14.1. The lowest BCUT2D eigenvalue weighted by Crippen LogP contribution is -2.29. The normalized spacial score (nSPS) is 12.2. The summed E-state index contributed by atoms with van der Waals surface area (Å²) >= 11 is 3.50. The van der Waals surface area contributed by atoms with Gasteiger partial charge in [0.15, 0.2) is 0 Å². The van der Waals surface area contributed by atoms with E-state index in [4.69, 9.17) is 0 Å². The third kappa shape index (κ3) is 6.71. The van der Waals surface area contributed by atoms with Gasteiger partial charge in [-0.15, -0.1) is 0 Å². The molecule has 1 aromatic rings. The third-order valence-electron chi connectivity index (χ3n) is 2.82. The van der Waals surface area contributed by atoms with Crippen LogP contribution in [0.5, 0.6) is 0 Å². The molecule has 0 saturated heterocycles. The molecule has 0 fully saturated rings. The number of halogens is 1. The number of rotatable bonds is 8. The summed E-state index contributed by atoms with van der Waals surface area (Å²) in [4.78, 5) is 10.9. The molecule has 2 N–H and O–H groups in total. The lowest BCUT2D eigenvalue weighted by molar-refractivity contribution is -0.141. The van der Waals surface area contributed by atoms with Gasteiger partial charge in [0.2, 0.25) is 0 Å². The van der Waals surface area contributed by atoms with Gasteiger partial charge < -0.3 is 15.2 Å². The first-order chi connectivity index (χ1) is 9.13. The van der Waals surface area contributed by atoms with Crippen molar-refractivity contribution in [3.63, 3.8) is 0 Å². The quantitative estimate of drug-likeness (QED) is 0.565. The Morgan fingerprint density at radius 3 is 2.89 bits per heavy atom. The van der Waals surface area contributed by atoms with Crippen molar-refractivity contribution >= 4 is 21.9 Å². The van der Waals surface area contributed by atoms with Crippen molar-refractivity contribution in [3.8, 4) is 0 Å². The summed E-state index contributed by atoms with van der Waals surface area (Å²) in [5.41, 5.74) is 1.24. The molecule has 1 aromatic carbocycles. The monoisotopic (exact) mass is 329 g/mol. The minimum atomic E-state index is -0.515. The van der Waals surface area contributed by atoms with Crippen LogP contribution in [0.2, 0.25) is 0 Å². The molecule has 1 atom stereocenters. The van der Waals surface area contributed by atoms with Crippen molar-refractivity contribution in [2.24, 2.45) is 0 Å². The average molecular weight is 330 g/mol. The Hall–Kier alpha value is -0.910. The topological polar surface area (TPSA) is 58.6 Å². The maximum atomic E-state index is 10.9. The number of aliphatic hydroxyl groups is 1. The largest absolute Gasteiger partial charge is 0.469 e. The van der Waals surface area contributed by atoms with Crippen molar-refractivity contribution in [1.29, 1.82) is 0 Å². The first-order valence-electron chi connectivity index (χ1n) is 6.32. The highest BCUT2D eigenvalue weighted by Crippen LogP contribution is 2.15. The lowest BCUT2D eigenvalue weighted by atomic mass is 10.1. The van der Waals surface area contributed by atoms with Gasteiger partial charge in [-0.2, -0.15) is 0 Å². The Kier molecular flexibility index (Phi) is 7.70. The molecule has 5 heteroatoms. The fourth-order valence-electron chi connectivity index (χ4n) is 1.68. The molecule has 0 aliphatic rings. The number of hydrogen-bond acceptors (Lipinski definition) is 4. The number of benzene rings is 1. The standard InChI is InChI=1S/C14H20BrNO3/c1-19-14(18)7-6-12(17)10-16-9-8-11-4-2-3-5-13(11)15/h2-5,12,16-17H,6-10H2,1H3. The summed E-state index contributed by atoms with van der Waals surface area (Å²) < 4.78 is 5.62. The van der Waals surface area contributed by atoms with Crippen LogP contribution in [0, 0.1) is 0 Å². The van der Waals surface area contributed by atoms with Gasteiger partial charge in [-0.1, -0.05) is 34.1 Å². The molecule has 106 valence electrons. The fourth-order valence-corrected chi connectivity index (χ4v) is 2.16. The summed E-state index contributed by atoms with van der Waals surface area (Å²) in [6.07, 6.45) is 1.06. The maximum Gasteiger partial charge on any atom is 0.305 e. The summed E-state index contributed by atoms with van der Waals surface area (Å²) in [6, 6.07) is 8.07. The highest BCUT2D eigenvalue weighted by atomic mass is 79.9. The van der Waals surface area contributed by atoms with Gasteiger partial charge in [0.1, 0.15) is 0 Å². The fraction of sp³-hybridized carbons (Fsp3) is 0.500. The van der Waals surface area contributed by atoms with Crippen LogP contribution in [0.1, 0.15) is 18.4 Å². The van der Waals surface area contributed by atoms with Crippen LogP contribution < -0.4 is 5.32 Å². The highest BCUT2D eigenvalue weighted by Gasteiger charge is 2.07. The highest BCUT2D eigenvalue weighted by molar-refractivity contribution is 9.10. The van der Waals surface area contributed by atoms with Gasteiger partial charge in [-0.05, 0) is 31.0 Å². The van der Waals surface area contributed by atoms with Crippen LogP contribution in [-0.4, -0.2) is 37.4 Å². The van der Waals surface area contributed by atoms with Gasteiger partial charge in [0.25, 0.3) is 0 Å². The minimum absolute atomic E-state index is 0.254. The summed E-state index contributed by atoms with van der Waals surface area (Å²) in [5.74, 6) is -0.285. The average Bonchev–Trinajstić information content (AvgIpc) is 2.42. The molecular formula is C14H20BrNO3.